The highest BCUT2D eigenvalue weighted by atomic mass is 28.4. The topological polar surface area (TPSA) is 27.7 Å². The molecule has 1 aliphatic rings. The van der Waals surface area contributed by atoms with Crippen LogP contribution in [0.1, 0.15) is 84.8 Å². The average molecular weight is 561 g/mol. The summed E-state index contributed by atoms with van der Waals surface area (Å²) in [4.78, 5) is 0. The van der Waals surface area contributed by atoms with Crippen LogP contribution in [0.25, 0.3) is 0 Å². The van der Waals surface area contributed by atoms with Crippen LogP contribution in [0.4, 0.5) is 0 Å². The Morgan fingerprint density at radius 2 is 1.47 bits per heavy atom. The van der Waals surface area contributed by atoms with Crippen molar-refractivity contribution in [2.24, 2.45) is 11.8 Å². The monoisotopic (exact) mass is 560 g/mol. The van der Waals surface area contributed by atoms with Gasteiger partial charge < -0.3 is 13.6 Å². The van der Waals surface area contributed by atoms with Crippen LogP contribution < -0.4 is 0 Å². The molecular formula is C33H60O3Si2. The lowest BCUT2D eigenvalue weighted by atomic mass is 9.85. The third-order valence-electron chi connectivity index (χ3n) is 9.93. The molecule has 218 valence electrons. The minimum Gasteiger partial charge on any atom is -0.414 e. The van der Waals surface area contributed by atoms with Gasteiger partial charge in [0.25, 0.3) is 0 Å². The lowest BCUT2D eigenvalue weighted by Crippen LogP contribution is -2.45. The van der Waals surface area contributed by atoms with E-state index in [9.17, 15) is 0 Å². The van der Waals surface area contributed by atoms with Crippen LogP contribution in [-0.4, -0.2) is 42.1 Å². The Hall–Kier alpha value is -0.726. The molecule has 1 aromatic rings. The highest BCUT2D eigenvalue weighted by Gasteiger charge is 2.48. The van der Waals surface area contributed by atoms with E-state index in [0.717, 1.165) is 38.5 Å². The van der Waals surface area contributed by atoms with Gasteiger partial charge in [0.05, 0.1) is 12.2 Å². The number of ether oxygens (including phenoxy) is 1. The standard InChI is InChI=1S/C33H60O3Si2/c1-14-15-28-29(31(24-30(28)34-9)36-38(12,13)33(6,7)8)23-22-27(35-37(10,11)32(3,4)5)21-20-26-18-16-25(2)17-19-26/h14,16-19,27-31H,1,15,20-24H2,2-13H3/t27-,28+,29+,30-,31?/m0/s1. The number of methoxy groups -OCH3 is 1. The van der Waals surface area contributed by atoms with E-state index in [1.807, 2.05) is 7.11 Å². The van der Waals surface area contributed by atoms with Crippen LogP contribution in [0.15, 0.2) is 36.9 Å². The molecule has 0 saturated heterocycles. The second-order valence-corrected chi connectivity index (χ2v) is 24.4. The molecule has 0 amide bonds. The van der Waals surface area contributed by atoms with E-state index in [4.69, 9.17) is 13.6 Å². The molecule has 38 heavy (non-hydrogen) atoms. The van der Waals surface area contributed by atoms with E-state index in [-0.39, 0.29) is 28.4 Å². The van der Waals surface area contributed by atoms with E-state index >= 15 is 0 Å². The summed E-state index contributed by atoms with van der Waals surface area (Å²) in [6.45, 7) is 29.9. The van der Waals surface area contributed by atoms with Gasteiger partial charge in [-0.05, 0) is 99.1 Å². The Balaban J connectivity index is 2.27. The molecule has 1 unspecified atom stereocenters. The molecule has 0 radical (unpaired) electrons. The summed E-state index contributed by atoms with van der Waals surface area (Å²) >= 11 is 0. The van der Waals surface area contributed by atoms with Gasteiger partial charge in [-0.15, -0.1) is 6.58 Å². The summed E-state index contributed by atoms with van der Waals surface area (Å²) in [5.41, 5.74) is 2.72. The highest BCUT2D eigenvalue weighted by Crippen LogP contribution is 2.46. The zero-order valence-electron chi connectivity index (χ0n) is 26.9. The third kappa shape index (κ3) is 8.89. The molecule has 2 rings (SSSR count). The fraction of sp³-hybridized carbons (Fsp3) is 0.758. The summed E-state index contributed by atoms with van der Waals surface area (Å²) in [6.07, 6.45) is 9.12. The highest BCUT2D eigenvalue weighted by molar-refractivity contribution is 6.74. The second-order valence-electron chi connectivity index (χ2n) is 14.9. The minimum atomic E-state index is -1.90. The zero-order chi connectivity index (χ0) is 28.9. The number of rotatable bonds is 13. The van der Waals surface area contributed by atoms with Crippen LogP contribution in [0.5, 0.6) is 0 Å². The van der Waals surface area contributed by atoms with E-state index in [1.54, 1.807) is 0 Å². The van der Waals surface area contributed by atoms with Gasteiger partial charge in [0.1, 0.15) is 0 Å². The van der Waals surface area contributed by atoms with Crippen molar-refractivity contribution in [1.82, 2.24) is 0 Å². The molecule has 1 aliphatic carbocycles. The first-order valence-electron chi connectivity index (χ1n) is 15.0. The maximum Gasteiger partial charge on any atom is 0.192 e. The van der Waals surface area contributed by atoms with Gasteiger partial charge in [0, 0.05) is 13.2 Å². The van der Waals surface area contributed by atoms with Gasteiger partial charge in [-0.25, -0.2) is 0 Å². The minimum absolute atomic E-state index is 0.193. The van der Waals surface area contributed by atoms with Crippen LogP contribution in [0.2, 0.25) is 36.3 Å². The van der Waals surface area contributed by atoms with Crippen molar-refractivity contribution in [2.75, 3.05) is 7.11 Å². The van der Waals surface area contributed by atoms with Crippen molar-refractivity contribution >= 4 is 16.6 Å². The maximum absolute atomic E-state index is 7.10. The smallest absolute Gasteiger partial charge is 0.192 e. The SMILES string of the molecule is C=CC[C@H]1[C@@H](OC)CC(O[Si](C)(C)C(C)(C)C)[C@@H]1CC[C@H](CCc1ccc(C)cc1)O[Si](C)(C)C(C)(C)C. The van der Waals surface area contributed by atoms with Gasteiger partial charge in [-0.2, -0.15) is 0 Å². The molecular weight excluding hydrogens is 501 g/mol. The van der Waals surface area contributed by atoms with Crippen LogP contribution in [0.3, 0.4) is 0 Å². The van der Waals surface area contributed by atoms with Crippen LogP contribution in [-0.2, 0) is 20.0 Å². The van der Waals surface area contributed by atoms with Crippen molar-refractivity contribution in [2.45, 2.75) is 142 Å². The summed E-state index contributed by atoms with van der Waals surface area (Å²) in [5.74, 6) is 0.926. The Morgan fingerprint density at radius 3 is 1.97 bits per heavy atom. The fourth-order valence-corrected chi connectivity index (χ4v) is 8.13. The molecule has 1 saturated carbocycles. The Morgan fingerprint density at radius 1 is 0.895 bits per heavy atom. The van der Waals surface area contributed by atoms with Gasteiger partial charge in [-0.3, -0.25) is 0 Å². The summed E-state index contributed by atoms with van der Waals surface area (Å²) in [5, 5.41) is 0.391. The molecule has 1 fully saturated rings. The number of allylic oxidation sites excluding steroid dienone is 1. The number of aryl methyl sites for hydroxylation is 2. The summed E-state index contributed by atoms with van der Waals surface area (Å²) < 4.78 is 20.3. The third-order valence-corrected chi connectivity index (χ3v) is 19.0. The molecule has 5 atom stereocenters. The van der Waals surface area contributed by atoms with Crippen molar-refractivity contribution < 1.29 is 13.6 Å². The second kappa shape index (κ2) is 13.3. The molecule has 3 nitrogen and oxygen atoms in total. The van der Waals surface area contributed by atoms with Crippen molar-refractivity contribution in [1.29, 1.82) is 0 Å². The molecule has 5 heteroatoms. The van der Waals surface area contributed by atoms with Crippen LogP contribution in [0, 0.1) is 18.8 Å². The first kappa shape index (κ1) is 33.5. The van der Waals surface area contributed by atoms with E-state index in [2.05, 4.69) is 112 Å². The molecule has 0 aromatic heterocycles. The van der Waals surface area contributed by atoms with Gasteiger partial charge in [0.2, 0.25) is 0 Å². The fourth-order valence-electron chi connectivity index (χ4n) is 5.33. The molecule has 0 heterocycles. The maximum atomic E-state index is 7.10. The van der Waals surface area contributed by atoms with Crippen molar-refractivity contribution in [3.8, 4) is 0 Å². The van der Waals surface area contributed by atoms with Gasteiger partial charge in [0.15, 0.2) is 16.6 Å². The molecule has 0 N–H and O–H groups in total. The van der Waals surface area contributed by atoms with Crippen molar-refractivity contribution in [3.63, 3.8) is 0 Å². The first-order chi connectivity index (χ1) is 17.4. The number of benzene rings is 1. The molecule has 1 aromatic carbocycles. The predicted molar refractivity (Wildman–Crippen MR) is 170 cm³/mol. The lowest BCUT2D eigenvalue weighted by molar-refractivity contribution is 0.0583. The molecule has 0 aliphatic heterocycles. The summed E-state index contributed by atoms with van der Waals surface area (Å²) in [6, 6.07) is 9.01. The van der Waals surface area contributed by atoms with E-state index in [1.165, 1.54) is 11.1 Å². The predicted octanol–water partition coefficient (Wildman–Crippen LogP) is 9.72. The normalized spacial score (nSPS) is 24.0. The van der Waals surface area contributed by atoms with Crippen molar-refractivity contribution in [3.05, 3.63) is 48.0 Å². The summed E-state index contributed by atoms with van der Waals surface area (Å²) in [7, 11) is -1.91. The van der Waals surface area contributed by atoms with E-state index < -0.39 is 16.6 Å². The Bertz CT molecular complexity index is 864. The van der Waals surface area contributed by atoms with Gasteiger partial charge >= 0.3 is 0 Å². The number of hydrogen-bond acceptors (Lipinski definition) is 3. The van der Waals surface area contributed by atoms with Gasteiger partial charge in [-0.1, -0.05) is 77.4 Å². The Kier molecular flexibility index (Phi) is 11.7. The van der Waals surface area contributed by atoms with E-state index in [0.29, 0.717) is 11.8 Å². The lowest BCUT2D eigenvalue weighted by Gasteiger charge is -2.41. The van der Waals surface area contributed by atoms with Crippen LogP contribution >= 0.6 is 0 Å². The average Bonchev–Trinajstić information content (AvgIpc) is 3.10. The largest absolute Gasteiger partial charge is 0.414 e. The number of hydrogen-bond donors (Lipinski definition) is 0. The Labute approximate surface area is 238 Å². The quantitative estimate of drug-likeness (QED) is 0.177. The molecule has 0 spiro atoms. The zero-order valence-corrected chi connectivity index (χ0v) is 28.9. The molecule has 0 bridgehead atoms. The first-order valence-corrected chi connectivity index (χ1v) is 20.8.